The highest BCUT2D eigenvalue weighted by Crippen LogP contribution is 2.24. The molecule has 1 aliphatic rings. The molecule has 4 nitrogen and oxygen atoms in total. The van der Waals surface area contributed by atoms with E-state index in [1.165, 1.54) is 17.7 Å². The maximum Gasteiger partial charge on any atom is 0.260 e. The van der Waals surface area contributed by atoms with E-state index in [4.69, 9.17) is 9.47 Å². The Labute approximate surface area is 134 Å². The fourth-order valence-corrected chi connectivity index (χ4v) is 2.66. The lowest BCUT2D eigenvalue weighted by Crippen LogP contribution is -2.38. The normalized spacial score (nSPS) is 13.4. The lowest BCUT2D eigenvalue weighted by Gasteiger charge is -2.29. The summed E-state index contributed by atoms with van der Waals surface area (Å²) in [4.78, 5) is 14.0. The van der Waals surface area contributed by atoms with Gasteiger partial charge in [-0.25, -0.2) is 4.39 Å². The second kappa shape index (κ2) is 6.69. The summed E-state index contributed by atoms with van der Waals surface area (Å²) in [5.74, 6) is 0.320. The molecular formula is C18H18FNO3. The number of methoxy groups -OCH3 is 1. The van der Waals surface area contributed by atoms with Crippen molar-refractivity contribution in [1.29, 1.82) is 0 Å². The number of hydrogen-bond donors (Lipinski definition) is 0. The Hall–Kier alpha value is -2.56. The molecule has 1 heterocycles. The third kappa shape index (κ3) is 3.44. The number of carbonyl (C=O) groups is 1. The molecule has 0 saturated heterocycles. The van der Waals surface area contributed by atoms with Gasteiger partial charge in [-0.3, -0.25) is 4.79 Å². The summed E-state index contributed by atoms with van der Waals surface area (Å²) in [6, 6.07) is 12.0. The van der Waals surface area contributed by atoms with Crippen LogP contribution in [0.2, 0.25) is 0 Å². The predicted molar refractivity (Wildman–Crippen MR) is 84.0 cm³/mol. The van der Waals surface area contributed by atoms with Crippen LogP contribution in [0.15, 0.2) is 42.5 Å². The number of benzene rings is 2. The number of rotatable bonds is 4. The zero-order valence-electron chi connectivity index (χ0n) is 12.9. The first kappa shape index (κ1) is 15.3. The van der Waals surface area contributed by atoms with Gasteiger partial charge in [0.15, 0.2) is 18.2 Å². The standard InChI is InChI=1S/C18H18FNO3/c1-22-15-7-6-14-11-20(9-8-13(14)10-15)18(21)12-23-17-5-3-2-4-16(17)19/h2-7,10H,8-9,11-12H2,1H3. The molecule has 2 aromatic carbocycles. The number of hydrogen-bond acceptors (Lipinski definition) is 3. The molecule has 120 valence electrons. The van der Waals surface area contributed by atoms with Crippen molar-refractivity contribution in [2.75, 3.05) is 20.3 Å². The topological polar surface area (TPSA) is 38.8 Å². The molecule has 0 aromatic heterocycles. The van der Waals surface area contributed by atoms with Crippen molar-refractivity contribution in [1.82, 2.24) is 4.90 Å². The van der Waals surface area contributed by atoms with E-state index in [-0.39, 0.29) is 18.3 Å². The van der Waals surface area contributed by atoms with Crippen LogP contribution in [-0.2, 0) is 17.8 Å². The molecule has 0 radical (unpaired) electrons. The number of para-hydroxylation sites is 1. The maximum atomic E-state index is 13.5. The lowest BCUT2D eigenvalue weighted by atomic mass is 9.99. The Morgan fingerprint density at radius 1 is 1.22 bits per heavy atom. The van der Waals surface area contributed by atoms with Crippen molar-refractivity contribution in [2.45, 2.75) is 13.0 Å². The van der Waals surface area contributed by atoms with E-state index in [1.54, 1.807) is 24.1 Å². The van der Waals surface area contributed by atoms with Gasteiger partial charge in [0.1, 0.15) is 5.75 Å². The molecule has 2 aromatic rings. The van der Waals surface area contributed by atoms with E-state index >= 15 is 0 Å². The van der Waals surface area contributed by atoms with Gasteiger partial charge in [0.2, 0.25) is 0 Å². The van der Waals surface area contributed by atoms with Gasteiger partial charge in [0.25, 0.3) is 5.91 Å². The molecule has 0 unspecified atom stereocenters. The van der Waals surface area contributed by atoms with Gasteiger partial charge >= 0.3 is 0 Å². The summed E-state index contributed by atoms with van der Waals surface area (Å²) in [6.45, 7) is 1.00. The SMILES string of the molecule is COc1ccc2c(c1)CCN(C(=O)COc1ccccc1F)C2. The van der Waals surface area contributed by atoms with Crippen LogP contribution in [0.1, 0.15) is 11.1 Å². The Morgan fingerprint density at radius 3 is 2.83 bits per heavy atom. The second-order valence-corrected chi connectivity index (χ2v) is 5.42. The minimum atomic E-state index is -0.462. The Kier molecular flexibility index (Phi) is 4.46. The van der Waals surface area contributed by atoms with Crippen molar-refractivity contribution in [3.8, 4) is 11.5 Å². The minimum absolute atomic E-state index is 0.1000. The van der Waals surface area contributed by atoms with Crippen LogP contribution in [0, 0.1) is 5.82 Å². The third-order valence-electron chi connectivity index (χ3n) is 3.97. The Morgan fingerprint density at radius 2 is 2.04 bits per heavy atom. The van der Waals surface area contributed by atoms with Gasteiger partial charge in [-0.2, -0.15) is 0 Å². The largest absolute Gasteiger partial charge is 0.497 e. The fourth-order valence-electron chi connectivity index (χ4n) is 2.66. The molecule has 0 fully saturated rings. The molecule has 0 atom stereocenters. The van der Waals surface area contributed by atoms with Crippen LogP contribution in [0.25, 0.3) is 0 Å². The highest BCUT2D eigenvalue weighted by Gasteiger charge is 2.21. The smallest absolute Gasteiger partial charge is 0.260 e. The van der Waals surface area contributed by atoms with Gasteiger partial charge in [-0.15, -0.1) is 0 Å². The van der Waals surface area contributed by atoms with Gasteiger partial charge in [0, 0.05) is 13.1 Å². The molecule has 1 amide bonds. The van der Waals surface area contributed by atoms with Gasteiger partial charge in [0.05, 0.1) is 7.11 Å². The molecule has 0 saturated carbocycles. The van der Waals surface area contributed by atoms with Crippen molar-refractivity contribution >= 4 is 5.91 Å². The second-order valence-electron chi connectivity index (χ2n) is 5.42. The van der Waals surface area contributed by atoms with Gasteiger partial charge in [-0.05, 0) is 41.8 Å². The summed E-state index contributed by atoms with van der Waals surface area (Å²) < 4.78 is 24.0. The molecule has 5 heteroatoms. The molecule has 3 rings (SSSR count). The number of ether oxygens (including phenoxy) is 2. The number of amides is 1. The average Bonchev–Trinajstić information content (AvgIpc) is 2.59. The van der Waals surface area contributed by atoms with E-state index in [9.17, 15) is 9.18 Å². The molecule has 0 bridgehead atoms. The summed E-state index contributed by atoms with van der Waals surface area (Å²) >= 11 is 0. The van der Waals surface area contributed by atoms with Crippen LogP contribution in [0.5, 0.6) is 11.5 Å². The van der Waals surface area contributed by atoms with Gasteiger partial charge < -0.3 is 14.4 Å². The van der Waals surface area contributed by atoms with Crippen LogP contribution >= 0.6 is 0 Å². The van der Waals surface area contributed by atoms with Crippen LogP contribution in [-0.4, -0.2) is 31.1 Å². The van der Waals surface area contributed by atoms with Crippen LogP contribution in [0.3, 0.4) is 0 Å². The molecular weight excluding hydrogens is 297 g/mol. The van der Waals surface area contributed by atoms with Gasteiger partial charge in [-0.1, -0.05) is 18.2 Å². The number of fused-ring (bicyclic) bond motifs is 1. The lowest BCUT2D eigenvalue weighted by molar-refractivity contribution is -0.134. The first-order valence-electron chi connectivity index (χ1n) is 7.48. The Balaban J connectivity index is 1.62. The molecule has 0 N–H and O–H groups in total. The van der Waals surface area contributed by atoms with E-state index in [1.807, 2.05) is 18.2 Å². The average molecular weight is 315 g/mol. The van der Waals surface area contributed by atoms with Crippen molar-refractivity contribution in [3.05, 3.63) is 59.4 Å². The van der Waals surface area contributed by atoms with E-state index in [0.717, 1.165) is 17.7 Å². The van der Waals surface area contributed by atoms with Crippen molar-refractivity contribution < 1.29 is 18.7 Å². The summed E-state index contributed by atoms with van der Waals surface area (Å²) in [5.41, 5.74) is 2.31. The number of halogens is 1. The quantitative estimate of drug-likeness (QED) is 0.871. The number of carbonyl (C=O) groups excluding carboxylic acids is 1. The Bertz CT molecular complexity index is 717. The van der Waals surface area contributed by atoms with Crippen molar-refractivity contribution in [2.24, 2.45) is 0 Å². The summed E-state index contributed by atoms with van der Waals surface area (Å²) in [5, 5.41) is 0. The first-order chi connectivity index (χ1) is 11.2. The highest BCUT2D eigenvalue weighted by molar-refractivity contribution is 5.78. The summed E-state index contributed by atoms with van der Waals surface area (Å²) in [6.07, 6.45) is 0.776. The maximum absolute atomic E-state index is 13.5. The van der Waals surface area contributed by atoms with Crippen molar-refractivity contribution in [3.63, 3.8) is 0 Å². The number of nitrogens with zero attached hydrogens (tertiary/aromatic N) is 1. The first-order valence-corrected chi connectivity index (χ1v) is 7.48. The zero-order valence-corrected chi connectivity index (χ0v) is 12.9. The van der Waals surface area contributed by atoms with Crippen LogP contribution < -0.4 is 9.47 Å². The zero-order chi connectivity index (χ0) is 16.2. The monoisotopic (exact) mass is 315 g/mol. The molecule has 0 aliphatic carbocycles. The fraction of sp³-hybridized carbons (Fsp3) is 0.278. The van der Waals surface area contributed by atoms with Crippen LogP contribution in [0.4, 0.5) is 4.39 Å². The van der Waals surface area contributed by atoms with E-state index < -0.39 is 5.82 Å². The van der Waals surface area contributed by atoms with E-state index in [2.05, 4.69) is 0 Å². The van der Waals surface area contributed by atoms with E-state index in [0.29, 0.717) is 13.1 Å². The third-order valence-corrected chi connectivity index (χ3v) is 3.97. The summed E-state index contributed by atoms with van der Waals surface area (Å²) in [7, 11) is 1.64. The molecule has 0 spiro atoms. The highest BCUT2D eigenvalue weighted by atomic mass is 19.1. The molecule has 23 heavy (non-hydrogen) atoms. The molecule has 1 aliphatic heterocycles. The predicted octanol–water partition coefficient (Wildman–Crippen LogP) is 2.80. The minimum Gasteiger partial charge on any atom is -0.497 e.